The Morgan fingerprint density at radius 1 is 1.38 bits per heavy atom. The van der Waals surface area contributed by atoms with Gasteiger partial charge in [0.05, 0.1) is 0 Å². The molecule has 3 N–H and O–H groups in total. The molecule has 4 heteroatoms. The molecule has 0 spiro atoms. The van der Waals surface area contributed by atoms with Gasteiger partial charge >= 0.3 is 0 Å². The van der Waals surface area contributed by atoms with Gasteiger partial charge < -0.3 is 20.5 Å². The summed E-state index contributed by atoms with van der Waals surface area (Å²) in [6.07, 6.45) is 7.14. The van der Waals surface area contributed by atoms with E-state index in [9.17, 15) is 0 Å². The molecule has 1 atom stereocenters. The zero-order valence-corrected chi connectivity index (χ0v) is 10.5. The van der Waals surface area contributed by atoms with Crippen LogP contribution in [0.15, 0.2) is 12.2 Å². The summed E-state index contributed by atoms with van der Waals surface area (Å²) >= 11 is 0. The number of ether oxygens (including phenoxy) is 2. The summed E-state index contributed by atoms with van der Waals surface area (Å²) in [7, 11) is 3.31. The fourth-order valence-corrected chi connectivity index (χ4v) is 2.06. The van der Waals surface area contributed by atoms with Crippen LogP contribution in [0.1, 0.15) is 26.2 Å². The number of nitrogens with two attached hydrogens (primary N) is 1. The van der Waals surface area contributed by atoms with Gasteiger partial charge in [-0.3, -0.25) is 0 Å². The minimum atomic E-state index is -0.199. The Labute approximate surface area is 98.2 Å². The SMILES string of the molecule is COC(CC(C)(CN)NC1CC=CC1)OC. The van der Waals surface area contributed by atoms with Crippen LogP contribution in [0.25, 0.3) is 0 Å². The van der Waals surface area contributed by atoms with Crippen LogP contribution in [-0.4, -0.2) is 38.6 Å². The molecule has 94 valence electrons. The molecule has 0 fully saturated rings. The molecule has 0 aromatic heterocycles. The minimum Gasteiger partial charge on any atom is -0.356 e. The maximum Gasteiger partial charge on any atom is 0.158 e. The van der Waals surface area contributed by atoms with Crippen LogP contribution in [0, 0.1) is 0 Å². The predicted octanol–water partition coefficient (Wildman–Crippen LogP) is 1.02. The standard InChI is InChI=1S/C12H24N2O2/c1-12(9-13,8-11(15-2)16-3)14-10-6-4-5-7-10/h4-5,10-11,14H,6-9,13H2,1-3H3. The van der Waals surface area contributed by atoms with Gasteiger partial charge in [0.25, 0.3) is 0 Å². The lowest BCUT2D eigenvalue weighted by atomic mass is 9.95. The molecule has 16 heavy (non-hydrogen) atoms. The van der Waals surface area contributed by atoms with Crippen molar-refractivity contribution in [3.05, 3.63) is 12.2 Å². The molecule has 4 nitrogen and oxygen atoms in total. The Bertz CT molecular complexity index is 215. The van der Waals surface area contributed by atoms with E-state index in [0.717, 1.165) is 19.3 Å². The van der Waals surface area contributed by atoms with Crippen molar-refractivity contribution < 1.29 is 9.47 Å². The molecule has 0 bridgehead atoms. The summed E-state index contributed by atoms with van der Waals surface area (Å²) in [5.74, 6) is 0. The Hall–Kier alpha value is -0.420. The lowest BCUT2D eigenvalue weighted by molar-refractivity contribution is -0.117. The molecule has 1 aliphatic carbocycles. The van der Waals surface area contributed by atoms with E-state index in [0.29, 0.717) is 12.6 Å². The van der Waals surface area contributed by atoms with Crippen LogP contribution in [0.3, 0.4) is 0 Å². The zero-order valence-electron chi connectivity index (χ0n) is 10.5. The lowest BCUT2D eigenvalue weighted by Gasteiger charge is -2.35. The van der Waals surface area contributed by atoms with Gasteiger partial charge in [0.1, 0.15) is 0 Å². The normalized spacial score (nSPS) is 20.6. The van der Waals surface area contributed by atoms with Gasteiger partial charge in [-0.1, -0.05) is 12.2 Å². The van der Waals surface area contributed by atoms with Crippen LogP contribution in [-0.2, 0) is 9.47 Å². The maximum atomic E-state index is 5.85. The molecule has 1 rings (SSSR count). The summed E-state index contributed by atoms with van der Waals surface area (Å²) < 4.78 is 10.5. The van der Waals surface area contributed by atoms with Gasteiger partial charge in [0.2, 0.25) is 0 Å². The third-order valence-electron chi connectivity index (χ3n) is 3.15. The number of methoxy groups -OCH3 is 2. The average Bonchev–Trinajstić information content (AvgIpc) is 2.78. The Morgan fingerprint density at radius 2 is 1.94 bits per heavy atom. The Morgan fingerprint density at radius 3 is 2.38 bits per heavy atom. The fourth-order valence-electron chi connectivity index (χ4n) is 2.06. The first-order valence-electron chi connectivity index (χ1n) is 5.82. The first-order chi connectivity index (χ1) is 7.63. The highest BCUT2D eigenvalue weighted by atomic mass is 16.7. The molecule has 0 aromatic carbocycles. The van der Waals surface area contributed by atoms with E-state index >= 15 is 0 Å². The number of hydrogen-bond acceptors (Lipinski definition) is 4. The topological polar surface area (TPSA) is 56.5 Å². The van der Waals surface area contributed by atoms with Crippen molar-refractivity contribution in [2.45, 2.75) is 44.1 Å². The van der Waals surface area contributed by atoms with Crippen LogP contribution in [0.4, 0.5) is 0 Å². The highest BCUT2D eigenvalue weighted by molar-refractivity contribution is 5.01. The van der Waals surface area contributed by atoms with Gasteiger partial charge in [0, 0.05) is 38.8 Å². The van der Waals surface area contributed by atoms with E-state index in [-0.39, 0.29) is 11.8 Å². The number of hydrogen-bond donors (Lipinski definition) is 2. The van der Waals surface area contributed by atoms with Crippen LogP contribution in [0.2, 0.25) is 0 Å². The second-order valence-electron chi connectivity index (χ2n) is 4.65. The van der Waals surface area contributed by atoms with E-state index in [1.807, 2.05) is 0 Å². The van der Waals surface area contributed by atoms with Gasteiger partial charge in [-0.05, 0) is 19.8 Å². The summed E-state index contributed by atoms with van der Waals surface area (Å²) in [5.41, 5.74) is 5.72. The highest BCUT2D eigenvalue weighted by Gasteiger charge is 2.29. The fraction of sp³-hybridized carbons (Fsp3) is 0.833. The van der Waals surface area contributed by atoms with Crippen LogP contribution < -0.4 is 11.1 Å². The first kappa shape index (κ1) is 13.6. The molecule has 1 unspecified atom stereocenters. The van der Waals surface area contributed by atoms with Crippen molar-refractivity contribution in [2.24, 2.45) is 5.73 Å². The minimum absolute atomic E-state index is 0.132. The third kappa shape index (κ3) is 3.87. The van der Waals surface area contributed by atoms with Crippen molar-refractivity contribution in [1.29, 1.82) is 0 Å². The molecular weight excluding hydrogens is 204 g/mol. The largest absolute Gasteiger partial charge is 0.356 e. The van der Waals surface area contributed by atoms with E-state index in [1.54, 1.807) is 14.2 Å². The van der Waals surface area contributed by atoms with Crippen LogP contribution in [0.5, 0.6) is 0 Å². The maximum absolute atomic E-state index is 5.85. The zero-order chi connectivity index (χ0) is 12.0. The second-order valence-corrected chi connectivity index (χ2v) is 4.65. The summed E-state index contributed by atoms with van der Waals surface area (Å²) in [6, 6.07) is 0.503. The predicted molar refractivity (Wildman–Crippen MR) is 65.2 cm³/mol. The third-order valence-corrected chi connectivity index (χ3v) is 3.15. The molecule has 0 amide bonds. The second kappa shape index (κ2) is 6.35. The summed E-state index contributed by atoms with van der Waals surface area (Å²) in [5, 5.41) is 3.59. The van der Waals surface area contributed by atoms with E-state index in [4.69, 9.17) is 15.2 Å². The smallest absolute Gasteiger partial charge is 0.158 e. The van der Waals surface area contributed by atoms with E-state index < -0.39 is 0 Å². The molecular formula is C12H24N2O2. The molecule has 0 heterocycles. The molecule has 0 saturated heterocycles. The van der Waals surface area contributed by atoms with Crippen molar-refractivity contribution in [2.75, 3.05) is 20.8 Å². The molecule has 0 aromatic rings. The van der Waals surface area contributed by atoms with E-state index in [1.165, 1.54) is 0 Å². The molecule has 0 radical (unpaired) electrons. The number of rotatable bonds is 7. The molecule has 0 saturated carbocycles. The van der Waals surface area contributed by atoms with Gasteiger partial charge in [0.15, 0.2) is 6.29 Å². The molecule has 0 aliphatic heterocycles. The van der Waals surface area contributed by atoms with Crippen molar-refractivity contribution in [3.63, 3.8) is 0 Å². The monoisotopic (exact) mass is 228 g/mol. The Kier molecular flexibility index (Phi) is 5.41. The van der Waals surface area contributed by atoms with E-state index in [2.05, 4.69) is 24.4 Å². The lowest BCUT2D eigenvalue weighted by Crippen LogP contribution is -2.54. The van der Waals surface area contributed by atoms with Gasteiger partial charge in [-0.25, -0.2) is 0 Å². The summed E-state index contributed by atoms with van der Waals surface area (Å²) in [6.45, 7) is 2.70. The van der Waals surface area contributed by atoms with Gasteiger partial charge in [-0.15, -0.1) is 0 Å². The number of nitrogens with one attached hydrogen (secondary N) is 1. The quantitative estimate of drug-likeness (QED) is 0.504. The highest BCUT2D eigenvalue weighted by Crippen LogP contribution is 2.19. The van der Waals surface area contributed by atoms with Crippen molar-refractivity contribution in [3.8, 4) is 0 Å². The first-order valence-corrected chi connectivity index (χ1v) is 5.82. The molecule has 1 aliphatic rings. The Balaban J connectivity index is 2.47. The average molecular weight is 228 g/mol. The van der Waals surface area contributed by atoms with Crippen molar-refractivity contribution in [1.82, 2.24) is 5.32 Å². The van der Waals surface area contributed by atoms with Gasteiger partial charge in [-0.2, -0.15) is 0 Å². The van der Waals surface area contributed by atoms with Crippen molar-refractivity contribution >= 4 is 0 Å². The van der Waals surface area contributed by atoms with Crippen LogP contribution >= 0.6 is 0 Å². The summed E-state index contributed by atoms with van der Waals surface area (Å²) in [4.78, 5) is 0.